The van der Waals surface area contributed by atoms with Crippen molar-refractivity contribution < 1.29 is 14.7 Å². The van der Waals surface area contributed by atoms with Gasteiger partial charge in [0.1, 0.15) is 0 Å². The van der Waals surface area contributed by atoms with Crippen LogP contribution >= 0.6 is 11.6 Å². The fourth-order valence-corrected chi connectivity index (χ4v) is 1.98. The molecule has 0 aromatic heterocycles. The molecular formula is C15H21ClN2O3. The first-order chi connectivity index (χ1) is 9.70. The number of halogens is 1. The third-order valence-electron chi connectivity index (χ3n) is 3.13. The maximum atomic E-state index is 11.9. The highest BCUT2D eigenvalue weighted by Gasteiger charge is 2.28. The van der Waals surface area contributed by atoms with E-state index in [1.807, 2.05) is 39.0 Å². The summed E-state index contributed by atoms with van der Waals surface area (Å²) in [5.74, 6) is -0.943. The predicted octanol–water partition coefficient (Wildman–Crippen LogP) is 3.03. The predicted molar refractivity (Wildman–Crippen MR) is 82.3 cm³/mol. The molecule has 0 fully saturated rings. The molecule has 0 aliphatic heterocycles. The summed E-state index contributed by atoms with van der Waals surface area (Å²) < 4.78 is 0. The molecule has 6 heteroatoms. The summed E-state index contributed by atoms with van der Waals surface area (Å²) in [6, 6.07) is 6.36. The number of hydrogen-bond donors (Lipinski definition) is 3. The van der Waals surface area contributed by atoms with Crippen LogP contribution in [0.1, 0.15) is 32.8 Å². The normalized spacial score (nSPS) is 12.6. The molecule has 1 rings (SSSR count). The maximum absolute atomic E-state index is 11.9. The zero-order valence-electron chi connectivity index (χ0n) is 12.4. The molecule has 0 saturated heterocycles. The van der Waals surface area contributed by atoms with E-state index < -0.39 is 18.0 Å². The van der Waals surface area contributed by atoms with Crippen LogP contribution in [0.15, 0.2) is 24.3 Å². The molecule has 2 amide bonds. The molecule has 0 radical (unpaired) electrons. The van der Waals surface area contributed by atoms with Gasteiger partial charge in [0, 0.05) is 17.6 Å². The first kappa shape index (κ1) is 17.3. The fraction of sp³-hybridized carbons (Fsp3) is 0.467. The summed E-state index contributed by atoms with van der Waals surface area (Å²) in [7, 11) is 0. The quantitative estimate of drug-likeness (QED) is 0.782. The largest absolute Gasteiger partial charge is 0.481 e. The van der Waals surface area contributed by atoms with Crippen molar-refractivity contribution >= 4 is 23.6 Å². The second-order valence-electron chi connectivity index (χ2n) is 5.93. The van der Waals surface area contributed by atoms with Gasteiger partial charge in [-0.15, -0.1) is 0 Å². The number of carboxylic acid groups (broad SMARTS) is 1. The number of nitrogens with one attached hydrogen (secondary N) is 2. The standard InChI is InChI=1S/C15H21ClN2O3/c1-15(2,3)12(8-13(19)20)18-14(21)17-9-10-6-4-5-7-11(10)16/h4-7,12H,8-9H2,1-3H3,(H,19,20)(H2,17,18,21). The Bertz CT molecular complexity index is 512. The van der Waals surface area contributed by atoms with E-state index >= 15 is 0 Å². The van der Waals surface area contributed by atoms with E-state index in [0.29, 0.717) is 5.02 Å². The second kappa shape index (κ2) is 7.31. The fourth-order valence-electron chi connectivity index (χ4n) is 1.77. The lowest BCUT2D eigenvalue weighted by Crippen LogP contribution is -2.48. The summed E-state index contributed by atoms with van der Waals surface area (Å²) >= 11 is 6.01. The van der Waals surface area contributed by atoms with Crippen LogP contribution in [0.5, 0.6) is 0 Å². The minimum Gasteiger partial charge on any atom is -0.481 e. The Morgan fingerprint density at radius 3 is 2.43 bits per heavy atom. The van der Waals surface area contributed by atoms with Gasteiger partial charge >= 0.3 is 12.0 Å². The van der Waals surface area contributed by atoms with Gasteiger partial charge in [0.2, 0.25) is 0 Å². The summed E-state index contributed by atoms with van der Waals surface area (Å²) in [5, 5.41) is 14.9. The zero-order valence-corrected chi connectivity index (χ0v) is 13.2. The van der Waals surface area contributed by atoms with Crippen LogP contribution in [0, 0.1) is 5.41 Å². The maximum Gasteiger partial charge on any atom is 0.315 e. The number of carboxylic acids is 1. The summed E-state index contributed by atoms with van der Waals surface area (Å²) in [4.78, 5) is 22.8. The molecule has 116 valence electrons. The molecule has 0 aliphatic carbocycles. The molecule has 1 atom stereocenters. The third-order valence-corrected chi connectivity index (χ3v) is 3.50. The van der Waals surface area contributed by atoms with E-state index in [1.54, 1.807) is 6.07 Å². The van der Waals surface area contributed by atoms with Crippen molar-refractivity contribution in [2.45, 2.75) is 39.8 Å². The van der Waals surface area contributed by atoms with Crippen LogP contribution in [-0.2, 0) is 11.3 Å². The molecule has 3 N–H and O–H groups in total. The minimum atomic E-state index is -0.943. The molecule has 0 bridgehead atoms. The second-order valence-corrected chi connectivity index (χ2v) is 6.34. The zero-order chi connectivity index (χ0) is 16.0. The Morgan fingerprint density at radius 1 is 1.29 bits per heavy atom. The van der Waals surface area contributed by atoms with Crippen LogP contribution in [0.25, 0.3) is 0 Å². The SMILES string of the molecule is CC(C)(C)C(CC(=O)O)NC(=O)NCc1ccccc1Cl. The molecular weight excluding hydrogens is 292 g/mol. The number of rotatable bonds is 5. The van der Waals surface area contributed by atoms with Gasteiger partial charge in [-0.3, -0.25) is 4.79 Å². The first-order valence-corrected chi connectivity index (χ1v) is 7.07. The number of carbonyl (C=O) groups excluding carboxylic acids is 1. The molecule has 0 heterocycles. The van der Waals surface area contributed by atoms with E-state index in [-0.39, 0.29) is 18.4 Å². The van der Waals surface area contributed by atoms with Gasteiger partial charge in [-0.1, -0.05) is 50.6 Å². The van der Waals surface area contributed by atoms with Crippen molar-refractivity contribution in [3.8, 4) is 0 Å². The van der Waals surface area contributed by atoms with Gasteiger partial charge in [-0.2, -0.15) is 0 Å². The third kappa shape index (κ3) is 6.04. The van der Waals surface area contributed by atoms with Gasteiger partial charge in [-0.05, 0) is 17.0 Å². The first-order valence-electron chi connectivity index (χ1n) is 6.69. The van der Waals surface area contributed by atoms with Gasteiger partial charge in [0.25, 0.3) is 0 Å². The van der Waals surface area contributed by atoms with Gasteiger partial charge in [0.05, 0.1) is 6.42 Å². The molecule has 0 spiro atoms. The molecule has 1 unspecified atom stereocenters. The van der Waals surface area contributed by atoms with E-state index in [1.165, 1.54) is 0 Å². The van der Waals surface area contributed by atoms with E-state index in [2.05, 4.69) is 10.6 Å². The minimum absolute atomic E-state index is 0.122. The van der Waals surface area contributed by atoms with E-state index in [9.17, 15) is 9.59 Å². The highest BCUT2D eigenvalue weighted by Crippen LogP contribution is 2.21. The lowest BCUT2D eigenvalue weighted by Gasteiger charge is -2.30. The van der Waals surface area contributed by atoms with Crippen molar-refractivity contribution in [1.29, 1.82) is 0 Å². The van der Waals surface area contributed by atoms with Gasteiger partial charge < -0.3 is 15.7 Å². The summed E-state index contributed by atoms with van der Waals surface area (Å²) in [6.07, 6.45) is -0.122. The highest BCUT2D eigenvalue weighted by molar-refractivity contribution is 6.31. The van der Waals surface area contributed by atoms with Crippen LogP contribution in [0.4, 0.5) is 4.79 Å². The Hall–Kier alpha value is -1.75. The number of urea groups is 1. The smallest absolute Gasteiger partial charge is 0.315 e. The average molecular weight is 313 g/mol. The number of hydrogen-bond acceptors (Lipinski definition) is 2. The van der Waals surface area contributed by atoms with E-state index in [4.69, 9.17) is 16.7 Å². The number of aliphatic carboxylic acids is 1. The summed E-state index contributed by atoms with van der Waals surface area (Å²) in [5.41, 5.74) is 0.458. The molecule has 1 aromatic rings. The number of amides is 2. The van der Waals surface area contributed by atoms with Crippen LogP contribution < -0.4 is 10.6 Å². The van der Waals surface area contributed by atoms with Crippen molar-refractivity contribution in [2.24, 2.45) is 5.41 Å². The Balaban J connectivity index is 2.58. The van der Waals surface area contributed by atoms with Gasteiger partial charge in [0.15, 0.2) is 0 Å². The lowest BCUT2D eigenvalue weighted by atomic mass is 9.85. The van der Waals surface area contributed by atoms with Crippen molar-refractivity contribution in [3.05, 3.63) is 34.9 Å². The monoisotopic (exact) mass is 312 g/mol. The topological polar surface area (TPSA) is 78.4 Å². The van der Waals surface area contributed by atoms with Crippen LogP contribution in [0.2, 0.25) is 5.02 Å². The Labute approximate surface area is 129 Å². The lowest BCUT2D eigenvalue weighted by molar-refractivity contribution is -0.138. The highest BCUT2D eigenvalue weighted by atomic mass is 35.5. The van der Waals surface area contributed by atoms with Crippen molar-refractivity contribution in [1.82, 2.24) is 10.6 Å². The van der Waals surface area contributed by atoms with Crippen LogP contribution in [0.3, 0.4) is 0 Å². The molecule has 1 aromatic carbocycles. The van der Waals surface area contributed by atoms with Crippen molar-refractivity contribution in [3.63, 3.8) is 0 Å². The summed E-state index contributed by atoms with van der Waals surface area (Å²) in [6.45, 7) is 5.94. The Morgan fingerprint density at radius 2 is 1.90 bits per heavy atom. The molecule has 21 heavy (non-hydrogen) atoms. The molecule has 5 nitrogen and oxygen atoms in total. The Kier molecular flexibility index (Phi) is 6.03. The van der Waals surface area contributed by atoms with Gasteiger partial charge in [-0.25, -0.2) is 4.79 Å². The number of carbonyl (C=O) groups is 2. The molecule has 0 aliphatic rings. The average Bonchev–Trinajstić information content (AvgIpc) is 2.35. The van der Waals surface area contributed by atoms with Crippen molar-refractivity contribution in [2.75, 3.05) is 0 Å². The van der Waals surface area contributed by atoms with E-state index in [0.717, 1.165) is 5.56 Å². The number of benzene rings is 1. The molecule has 0 saturated carbocycles. The van der Waals surface area contributed by atoms with Crippen LogP contribution in [-0.4, -0.2) is 23.1 Å².